The molecule has 1 saturated heterocycles. The highest BCUT2D eigenvalue weighted by molar-refractivity contribution is 5.90. The predicted octanol–water partition coefficient (Wildman–Crippen LogP) is 1.02. The summed E-state index contributed by atoms with van der Waals surface area (Å²) in [7, 11) is 3.26. The summed E-state index contributed by atoms with van der Waals surface area (Å²) >= 11 is 0. The van der Waals surface area contributed by atoms with Crippen LogP contribution in [0.15, 0.2) is 6.20 Å². The molecule has 5 heteroatoms. The smallest absolute Gasteiger partial charge is 0.341 e. The number of hydrogen-bond acceptors (Lipinski definition) is 4. The minimum absolute atomic E-state index is 0.218. The molecular formula is C11H17N3O2. The molecule has 0 bridgehead atoms. The predicted molar refractivity (Wildman–Crippen MR) is 59.1 cm³/mol. The third-order valence-corrected chi connectivity index (χ3v) is 3.03. The Labute approximate surface area is 94.8 Å². The maximum atomic E-state index is 11.6. The maximum absolute atomic E-state index is 11.6. The van der Waals surface area contributed by atoms with Crippen molar-refractivity contribution in [1.29, 1.82) is 0 Å². The number of rotatable bonds is 2. The Morgan fingerprint density at radius 1 is 1.62 bits per heavy atom. The molecule has 16 heavy (non-hydrogen) atoms. The molecule has 1 fully saturated rings. The second-order valence-corrected chi connectivity index (χ2v) is 4.06. The highest BCUT2D eigenvalue weighted by Gasteiger charge is 2.25. The maximum Gasteiger partial charge on any atom is 0.341 e. The van der Waals surface area contributed by atoms with E-state index < -0.39 is 0 Å². The third kappa shape index (κ3) is 1.95. The molecule has 2 rings (SSSR count). The van der Waals surface area contributed by atoms with Crippen molar-refractivity contribution >= 4 is 5.97 Å². The van der Waals surface area contributed by atoms with E-state index in [9.17, 15) is 4.79 Å². The van der Waals surface area contributed by atoms with Gasteiger partial charge in [-0.3, -0.25) is 4.68 Å². The molecule has 88 valence electrons. The molecule has 1 aromatic rings. The third-order valence-electron chi connectivity index (χ3n) is 3.03. The zero-order valence-corrected chi connectivity index (χ0v) is 9.69. The van der Waals surface area contributed by atoms with Crippen LogP contribution in [0.5, 0.6) is 0 Å². The van der Waals surface area contributed by atoms with Crippen molar-refractivity contribution in [3.8, 4) is 0 Å². The average Bonchev–Trinajstić information content (AvgIpc) is 2.71. The Balaban J connectivity index is 2.30. The molecule has 5 nitrogen and oxygen atoms in total. The zero-order valence-electron chi connectivity index (χ0n) is 9.69. The number of esters is 1. The van der Waals surface area contributed by atoms with Gasteiger partial charge in [-0.2, -0.15) is 5.10 Å². The number of carbonyl (C=O) groups excluding carboxylic acids is 1. The molecule has 2 heterocycles. The van der Waals surface area contributed by atoms with E-state index in [0.29, 0.717) is 5.56 Å². The molecule has 0 aromatic carbocycles. The molecule has 1 aliphatic rings. The first-order valence-electron chi connectivity index (χ1n) is 5.57. The van der Waals surface area contributed by atoms with Crippen molar-refractivity contribution in [2.75, 3.05) is 13.7 Å². The number of methoxy groups -OCH3 is 1. The lowest BCUT2D eigenvalue weighted by molar-refractivity contribution is 0.0598. The number of aromatic nitrogens is 2. The first-order valence-corrected chi connectivity index (χ1v) is 5.57. The van der Waals surface area contributed by atoms with Gasteiger partial charge in [0.2, 0.25) is 0 Å². The quantitative estimate of drug-likeness (QED) is 0.761. The van der Waals surface area contributed by atoms with Crippen LogP contribution in [0.2, 0.25) is 0 Å². The van der Waals surface area contributed by atoms with E-state index in [1.807, 2.05) is 7.05 Å². The standard InChI is InChI=1S/C11H17N3O2/c1-14-10(9-5-3-4-6-12-9)8(7-13-14)11(15)16-2/h7,9,12H,3-6H2,1-2H3. The molecule has 1 aromatic heterocycles. The molecule has 0 radical (unpaired) electrons. The fourth-order valence-electron chi connectivity index (χ4n) is 2.21. The topological polar surface area (TPSA) is 56.1 Å². The van der Waals surface area contributed by atoms with Gasteiger partial charge in [0, 0.05) is 7.05 Å². The summed E-state index contributed by atoms with van der Waals surface area (Å²) in [4.78, 5) is 11.6. The van der Waals surface area contributed by atoms with E-state index >= 15 is 0 Å². The van der Waals surface area contributed by atoms with Gasteiger partial charge in [-0.15, -0.1) is 0 Å². The number of carbonyl (C=O) groups is 1. The fraction of sp³-hybridized carbons (Fsp3) is 0.636. The minimum atomic E-state index is -0.310. The number of aryl methyl sites for hydroxylation is 1. The van der Waals surface area contributed by atoms with Gasteiger partial charge in [-0.05, 0) is 19.4 Å². The van der Waals surface area contributed by atoms with E-state index in [1.54, 1.807) is 10.9 Å². The zero-order chi connectivity index (χ0) is 11.5. The SMILES string of the molecule is COC(=O)c1cnn(C)c1C1CCCCN1. The number of nitrogens with zero attached hydrogens (tertiary/aromatic N) is 2. The van der Waals surface area contributed by atoms with Crippen LogP contribution in [-0.2, 0) is 11.8 Å². The van der Waals surface area contributed by atoms with Crippen LogP contribution >= 0.6 is 0 Å². The number of ether oxygens (including phenoxy) is 1. The number of piperidine rings is 1. The van der Waals surface area contributed by atoms with Crippen LogP contribution in [0.4, 0.5) is 0 Å². The Morgan fingerprint density at radius 3 is 3.06 bits per heavy atom. The Kier molecular flexibility index (Phi) is 3.24. The summed E-state index contributed by atoms with van der Waals surface area (Å²) in [5.74, 6) is -0.310. The fourth-order valence-corrected chi connectivity index (χ4v) is 2.21. The van der Waals surface area contributed by atoms with Crippen LogP contribution in [0, 0.1) is 0 Å². The highest BCUT2D eigenvalue weighted by atomic mass is 16.5. The van der Waals surface area contributed by atoms with Gasteiger partial charge in [-0.1, -0.05) is 6.42 Å². The number of hydrogen-bond donors (Lipinski definition) is 1. The van der Waals surface area contributed by atoms with Gasteiger partial charge in [-0.25, -0.2) is 4.79 Å². The summed E-state index contributed by atoms with van der Waals surface area (Å²) in [5.41, 5.74) is 1.51. The lowest BCUT2D eigenvalue weighted by Gasteiger charge is -2.24. The largest absolute Gasteiger partial charge is 0.465 e. The van der Waals surface area contributed by atoms with E-state index in [-0.39, 0.29) is 12.0 Å². The molecule has 1 aliphatic heterocycles. The monoisotopic (exact) mass is 223 g/mol. The average molecular weight is 223 g/mol. The van der Waals surface area contributed by atoms with Crippen molar-refractivity contribution < 1.29 is 9.53 Å². The Hall–Kier alpha value is -1.36. The van der Waals surface area contributed by atoms with Crippen LogP contribution < -0.4 is 5.32 Å². The van der Waals surface area contributed by atoms with Crippen molar-refractivity contribution in [2.24, 2.45) is 7.05 Å². The summed E-state index contributed by atoms with van der Waals surface area (Å²) in [6.07, 6.45) is 5.01. The van der Waals surface area contributed by atoms with Crippen LogP contribution in [-0.4, -0.2) is 29.4 Å². The van der Waals surface area contributed by atoms with Crippen molar-refractivity contribution in [1.82, 2.24) is 15.1 Å². The second-order valence-electron chi connectivity index (χ2n) is 4.06. The highest BCUT2D eigenvalue weighted by Crippen LogP contribution is 2.25. The van der Waals surface area contributed by atoms with Crippen molar-refractivity contribution in [2.45, 2.75) is 25.3 Å². The molecular weight excluding hydrogens is 206 g/mol. The van der Waals surface area contributed by atoms with Gasteiger partial charge in [0.05, 0.1) is 25.0 Å². The lowest BCUT2D eigenvalue weighted by Crippen LogP contribution is -2.29. The first kappa shape index (κ1) is 11.1. The van der Waals surface area contributed by atoms with Crippen molar-refractivity contribution in [3.63, 3.8) is 0 Å². The number of nitrogens with one attached hydrogen (secondary N) is 1. The summed E-state index contributed by atoms with van der Waals surface area (Å²) in [6.45, 7) is 0.996. The van der Waals surface area contributed by atoms with Crippen LogP contribution in [0.3, 0.4) is 0 Å². The van der Waals surface area contributed by atoms with E-state index in [4.69, 9.17) is 4.74 Å². The summed E-state index contributed by atoms with van der Waals surface area (Å²) in [5, 5.41) is 7.55. The molecule has 1 N–H and O–H groups in total. The minimum Gasteiger partial charge on any atom is -0.465 e. The van der Waals surface area contributed by atoms with Crippen LogP contribution in [0.1, 0.15) is 41.4 Å². The van der Waals surface area contributed by atoms with Crippen molar-refractivity contribution in [3.05, 3.63) is 17.5 Å². The molecule has 1 atom stereocenters. The summed E-state index contributed by atoms with van der Waals surface area (Å²) in [6, 6.07) is 0.218. The molecule has 1 unspecified atom stereocenters. The van der Waals surface area contributed by atoms with Gasteiger partial charge in [0.1, 0.15) is 5.56 Å². The van der Waals surface area contributed by atoms with E-state index in [2.05, 4.69) is 10.4 Å². The molecule has 0 amide bonds. The first-order chi connectivity index (χ1) is 7.74. The van der Waals surface area contributed by atoms with Gasteiger partial charge in [0.25, 0.3) is 0 Å². The van der Waals surface area contributed by atoms with Gasteiger partial charge in [0.15, 0.2) is 0 Å². The van der Waals surface area contributed by atoms with E-state index in [1.165, 1.54) is 20.0 Å². The normalized spacial score (nSPS) is 20.8. The molecule has 0 saturated carbocycles. The summed E-state index contributed by atoms with van der Waals surface area (Å²) < 4.78 is 6.52. The lowest BCUT2D eigenvalue weighted by atomic mass is 9.99. The van der Waals surface area contributed by atoms with Gasteiger partial charge < -0.3 is 10.1 Å². The Bertz CT molecular complexity index is 381. The molecule has 0 aliphatic carbocycles. The van der Waals surface area contributed by atoms with E-state index in [0.717, 1.165) is 18.7 Å². The Morgan fingerprint density at radius 2 is 2.44 bits per heavy atom. The second kappa shape index (κ2) is 4.65. The van der Waals surface area contributed by atoms with Gasteiger partial charge >= 0.3 is 5.97 Å². The molecule has 0 spiro atoms. The van der Waals surface area contributed by atoms with Crippen LogP contribution in [0.25, 0.3) is 0 Å².